The standard InChI is InChI=1S/C19H38N2O/c1-4-7-9-12-16-21(17-13-10-8-5-2)18-14-11-15-20-19(22)6-3/h6H,3-5,7-18H2,1-2H3,(H,20,22). The third-order valence-electron chi connectivity index (χ3n) is 4.04. The lowest BCUT2D eigenvalue weighted by molar-refractivity contribution is -0.116. The lowest BCUT2D eigenvalue weighted by Gasteiger charge is -2.22. The largest absolute Gasteiger partial charge is 0.353 e. The Morgan fingerprint density at radius 2 is 1.36 bits per heavy atom. The van der Waals surface area contributed by atoms with Crippen molar-refractivity contribution in [2.45, 2.75) is 78.1 Å². The Kier molecular flexibility index (Phi) is 15.9. The first-order chi connectivity index (χ1) is 10.7. The van der Waals surface area contributed by atoms with Crippen LogP contribution in [0.3, 0.4) is 0 Å². The molecule has 0 aliphatic rings. The minimum Gasteiger partial charge on any atom is -0.353 e. The van der Waals surface area contributed by atoms with Crippen LogP contribution < -0.4 is 5.32 Å². The molecule has 1 amide bonds. The highest BCUT2D eigenvalue weighted by Gasteiger charge is 2.04. The Balaban J connectivity index is 3.79. The van der Waals surface area contributed by atoms with E-state index in [4.69, 9.17) is 0 Å². The number of hydrogen-bond acceptors (Lipinski definition) is 2. The van der Waals surface area contributed by atoms with Gasteiger partial charge in [0, 0.05) is 6.54 Å². The van der Waals surface area contributed by atoms with Crippen molar-refractivity contribution >= 4 is 5.91 Å². The molecule has 0 atom stereocenters. The molecule has 0 radical (unpaired) electrons. The van der Waals surface area contributed by atoms with Crippen molar-refractivity contribution in [3.8, 4) is 0 Å². The number of rotatable bonds is 16. The number of nitrogens with zero attached hydrogens (tertiary/aromatic N) is 1. The summed E-state index contributed by atoms with van der Waals surface area (Å²) in [6.45, 7) is 12.4. The van der Waals surface area contributed by atoms with E-state index in [-0.39, 0.29) is 5.91 Å². The summed E-state index contributed by atoms with van der Waals surface area (Å²) in [5, 5.41) is 2.85. The molecule has 0 aliphatic carbocycles. The number of hydrogen-bond donors (Lipinski definition) is 1. The molecule has 130 valence electrons. The average Bonchev–Trinajstić information content (AvgIpc) is 2.54. The number of unbranched alkanes of at least 4 members (excludes halogenated alkanes) is 7. The van der Waals surface area contributed by atoms with Crippen molar-refractivity contribution in [1.29, 1.82) is 0 Å². The molecule has 22 heavy (non-hydrogen) atoms. The molecule has 0 bridgehead atoms. The van der Waals surface area contributed by atoms with E-state index in [0.717, 1.165) is 13.0 Å². The van der Waals surface area contributed by atoms with Crippen LogP contribution >= 0.6 is 0 Å². The van der Waals surface area contributed by atoms with Gasteiger partial charge < -0.3 is 10.2 Å². The number of carbonyl (C=O) groups excluding carboxylic acids is 1. The first-order valence-corrected chi connectivity index (χ1v) is 9.37. The highest BCUT2D eigenvalue weighted by molar-refractivity contribution is 5.86. The maximum atomic E-state index is 11.1. The van der Waals surface area contributed by atoms with Crippen LogP contribution in [0.1, 0.15) is 78.1 Å². The van der Waals surface area contributed by atoms with Gasteiger partial charge in [0.25, 0.3) is 0 Å². The van der Waals surface area contributed by atoms with Gasteiger partial charge in [0.1, 0.15) is 0 Å². The van der Waals surface area contributed by atoms with Gasteiger partial charge in [-0.15, -0.1) is 0 Å². The van der Waals surface area contributed by atoms with Crippen molar-refractivity contribution in [1.82, 2.24) is 10.2 Å². The summed E-state index contributed by atoms with van der Waals surface area (Å²) in [6, 6.07) is 0. The van der Waals surface area contributed by atoms with Crippen LogP contribution in [0.2, 0.25) is 0 Å². The van der Waals surface area contributed by atoms with Gasteiger partial charge in [-0.3, -0.25) is 4.79 Å². The SMILES string of the molecule is C=CC(=O)NCCCCN(CCCCCC)CCCCCC. The summed E-state index contributed by atoms with van der Waals surface area (Å²) < 4.78 is 0. The van der Waals surface area contributed by atoms with Gasteiger partial charge in [0.15, 0.2) is 0 Å². The molecule has 0 spiro atoms. The van der Waals surface area contributed by atoms with Gasteiger partial charge in [0.2, 0.25) is 5.91 Å². The quantitative estimate of drug-likeness (QED) is 0.335. The van der Waals surface area contributed by atoms with Gasteiger partial charge in [-0.2, -0.15) is 0 Å². The first-order valence-electron chi connectivity index (χ1n) is 9.37. The van der Waals surface area contributed by atoms with Crippen LogP contribution in [0, 0.1) is 0 Å². The van der Waals surface area contributed by atoms with E-state index < -0.39 is 0 Å². The summed E-state index contributed by atoms with van der Waals surface area (Å²) in [7, 11) is 0. The van der Waals surface area contributed by atoms with Gasteiger partial charge in [-0.25, -0.2) is 0 Å². The van der Waals surface area contributed by atoms with Crippen LogP contribution in [0.5, 0.6) is 0 Å². The second-order valence-electron chi connectivity index (χ2n) is 6.17. The van der Waals surface area contributed by atoms with Crippen LogP contribution in [0.25, 0.3) is 0 Å². The first kappa shape index (κ1) is 21.2. The number of amides is 1. The van der Waals surface area contributed by atoms with Crippen molar-refractivity contribution in [2.24, 2.45) is 0 Å². The van der Waals surface area contributed by atoms with Crippen molar-refractivity contribution in [2.75, 3.05) is 26.2 Å². The molecule has 3 nitrogen and oxygen atoms in total. The van der Waals surface area contributed by atoms with Crippen molar-refractivity contribution < 1.29 is 4.79 Å². The normalized spacial score (nSPS) is 10.9. The molecule has 0 aromatic rings. The molecular formula is C19H38N2O. The van der Waals surface area contributed by atoms with Crippen molar-refractivity contribution in [3.63, 3.8) is 0 Å². The van der Waals surface area contributed by atoms with Crippen LogP contribution in [0.15, 0.2) is 12.7 Å². The van der Waals surface area contributed by atoms with Gasteiger partial charge in [0.05, 0.1) is 0 Å². The van der Waals surface area contributed by atoms with E-state index >= 15 is 0 Å². The monoisotopic (exact) mass is 310 g/mol. The molecule has 0 aliphatic heterocycles. The minimum absolute atomic E-state index is 0.0593. The second kappa shape index (κ2) is 16.5. The van der Waals surface area contributed by atoms with E-state index in [1.807, 2.05) is 0 Å². The van der Waals surface area contributed by atoms with E-state index in [2.05, 4.69) is 30.6 Å². The zero-order valence-electron chi connectivity index (χ0n) is 15.0. The fraction of sp³-hybridized carbons (Fsp3) is 0.842. The summed E-state index contributed by atoms with van der Waals surface area (Å²) >= 11 is 0. The number of carbonyl (C=O) groups is 1. The van der Waals surface area contributed by atoms with Crippen LogP contribution in [-0.4, -0.2) is 37.0 Å². The molecule has 0 aromatic carbocycles. The molecule has 0 aromatic heterocycles. The van der Waals surface area contributed by atoms with Crippen LogP contribution in [-0.2, 0) is 4.79 Å². The average molecular weight is 311 g/mol. The molecule has 1 N–H and O–H groups in total. The van der Waals surface area contributed by atoms with Crippen molar-refractivity contribution in [3.05, 3.63) is 12.7 Å². The Hall–Kier alpha value is -0.830. The highest BCUT2D eigenvalue weighted by atomic mass is 16.1. The molecule has 0 saturated carbocycles. The predicted octanol–water partition coefficient (Wildman–Crippen LogP) is 4.53. The Bertz CT molecular complexity index is 254. The predicted molar refractivity (Wildman–Crippen MR) is 97.2 cm³/mol. The maximum Gasteiger partial charge on any atom is 0.243 e. The fourth-order valence-corrected chi connectivity index (χ4v) is 2.60. The number of nitrogens with one attached hydrogen (secondary N) is 1. The molecule has 0 unspecified atom stereocenters. The third-order valence-corrected chi connectivity index (χ3v) is 4.04. The molecule has 0 fully saturated rings. The zero-order chi connectivity index (χ0) is 16.5. The van der Waals surface area contributed by atoms with E-state index in [1.54, 1.807) is 0 Å². The summed E-state index contributed by atoms with van der Waals surface area (Å²) in [6.07, 6.45) is 14.3. The minimum atomic E-state index is -0.0593. The summed E-state index contributed by atoms with van der Waals surface area (Å²) in [4.78, 5) is 13.7. The second-order valence-corrected chi connectivity index (χ2v) is 6.17. The molecule has 0 heterocycles. The molecule has 0 rings (SSSR count). The van der Waals surface area contributed by atoms with Gasteiger partial charge in [-0.05, 0) is 51.4 Å². The fourth-order valence-electron chi connectivity index (χ4n) is 2.60. The molecule has 3 heteroatoms. The van der Waals surface area contributed by atoms with E-state index in [1.165, 1.54) is 83.5 Å². The molecule has 0 saturated heterocycles. The summed E-state index contributed by atoms with van der Waals surface area (Å²) in [5.74, 6) is -0.0593. The molecular weight excluding hydrogens is 272 g/mol. The maximum absolute atomic E-state index is 11.1. The van der Waals surface area contributed by atoms with Gasteiger partial charge >= 0.3 is 0 Å². The van der Waals surface area contributed by atoms with E-state index in [0.29, 0.717) is 0 Å². The lowest BCUT2D eigenvalue weighted by atomic mass is 10.1. The summed E-state index contributed by atoms with van der Waals surface area (Å²) in [5.41, 5.74) is 0. The topological polar surface area (TPSA) is 32.3 Å². The Labute approximate surface area is 138 Å². The van der Waals surface area contributed by atoms with E-state index in [9.17, 15) is 4.79 Å². The Morgan fingerprint density at radius 1 is 0.864 bits per heavy atom. The zero-order valence-corrected chi connectivity index (χ0v) is 15.0. The smallest absolute Gasteiger partial charge is 0.243 e. The van der Waals surface area contributed by atoms with Crippen LogP contribution in [0.4, 0.5) is 0 Å². The Morgan fingerprint density at radius 3 is 1.82 bits per heavy atom. The van der Waals surface area contributed by atoms with Gasteiger partial charge in [-0.1, -0.05) is 59.0 Å². The lowest BCUT2D eigenvalue weighted by Crippen LogP contribution is -2.28. The highest BCUT2D eigenvalue weighted by Crippen LogP contribution is 2.06. The third kappa shape index (κ3) is 14.1.